The van der Waals surface area contributed by atoms with Crippen molar-refractivity contribution in [1.82, 2.24) is 9.78 Å². The molecule has 1 heterocycles. The van der Waals surface area contributed by atoms with Gasteiger partial charge in [0.1, 0.15) is 11.6 Å². The molecule has 110 valence electrons. The Labute approximate surface area is 125 Å². The third-order valence-electron chi connectivity index (χ3n) is 3.78. The Morgan fingerprint density at radius 3 is 2.55 bits per heavy atom. The van der Waals surface area contributed by atoms with Gasteiger partial charge in [-0.15, -0.1) is 0 Å². The first-order valence-electron chi connectivity index (χ1n) is 6.92. The fourth-order valence-corrected chi connectivity index (χ4v) is 2.68. The molecule has 0 atom stereocenters. The molecule has 2 aromatic rings. The van der Waals surface area contributed by atoms with Crippen molar-refractivity contribution in [1.29, 1.82) is 5.26 Å². The molecule has 0 bridgehead atoms. The summed E-state index contributed by atoms with van der Waals surface area (Å²) in [5.74, 6) is 0. The normalized spacial score (nSPS) is 13.2. The summed E-state index contributed by atoms with van der Waals surface area (Å²) >= 11 is 0. The van der Waals surface area contributed by atoms with Crippen LogP contribution in [0.2, 0.25) is 0 Å². The average Bonchev–Trinajstić information content (AvgIpc) is 2.54. The van der Waals surface area contributed by atoms with Crippen molar-refractivity contribution >= 4 is 5.69 Å². The van der Waals surface area contributed by atoms with E-state index < -0.39 is 10.5 Å². The zero-order valence-corrected chi connectivity index (χ0v) is 11.7. The number of hydrogen-bond donors (Lipinski definition) is 0. The SMILES string of the molecule is N#Cc1c2c(nn(-c3ccc([N+](=O)[O-])cc3)c1=O)CCCC2. The molecule has 3 rings (SSSR count). The highest BCUT2D eigenvalue weighted by molar-refractivity contribution is 5.44. The third-order valence-corrected chi connectivity index (χ3v) is 3.78. The maximum atomic E-state index is 12.4. The van der Waals surface area contributed by atoms with Crippen LogP contribution >= 0.6 is 0 Å². The summed E-state index contributed by atoms with van der Waals surface area (Å²) in [5, 5.41) is 24.3. The molecule has 0 saturated carbocycles. The Hall–Kier alpha value is -3.01. The van der Waals surface area contributed by atoms with Gasteiger partial charge < -0.3 is 0 Å². The number of aromatic nitrogens is 2. The van der Waals surface area contributed by atoms with Gasteiger partial charge in [-0.05, 0) is 43.4 Å². The lowest BCUT2D eigenvalue weighted by Crippen LogP contribution is -2.28. The molecule has 1 aromatic heterocycles. The lowest BCUT2D eigenvalue weighted by molar-refractivity contribution is -0.384. The van der Waals surface area contributed by atoms with Crippen LogP contribution in [0.3, 0.4) is 0 Å². The second-order valence-corrected chi connectivity index (χ2v) is 5.11. The van der Waals surface area contributed by atoms with Crippen LogP contribution < -0.4 is 5.56 Å². The van der Waals surface area contributed by atoms with Crippen LogP contribution in [0.1, 0.15) is 29.7 Å². The minimum atomic E-state index is -0.506. The van der Waals surface area contributed by atoms with Crippen molar-refractivity contribution in [2.24, 2.45) is 0 Å². The highest BCUT2D eigenvalue weighted by Crippen LogP contribution is 2.21. The van der Waals surface area contributed by atoms with Crippen molar-refractivity contribution in [3.63, 3.8) is 0 Å². The van der Waals surface area contributed by atoms with Gasteiger partial charge in [-0.2, -0.15) is 15.0 Å². The molecule has 0 fully saturated rings. The predicted octanol–water partition coefficient (Wildman–Crippen LogP) is 1.89. The van der Waals surface area contributed by atoms with Gasteiger partial charge >= 0.3 is 0 Å². The van der Waals surface area contributed by atoms with Gasteiger partial charge in [0, 0.05) is 12.1 Å². The number of nitro benzene ring substituents is 1. The summed E-state index contributed by atoms with van der Waals surface area (Å²) in [5.41, 5.74) is 1.52. The predicted molar refractivity (Wildman–Crippen MR) is 77.8 cm³/mol. The smallest absolute Gasteiger partial charge is 0.266 e. The molecule has 1 aliphatic rings. The van der Waals surface area contributed by atoms with Crippen molar-refractivity contribution < 1.29 is 4.92 Å². The van der Waals surface area contributed by atoms with Gasteiger partial charge in [0.15, 0.2) is 0 Å². The van der Waals surface area contributed by atoms with Gasteiger partial charge in [0.05, 0.1) is 16.3 Å². The third kappa shape index (κ3) is 2.24. The number of nitro groups is 1. The van der Waals surface area contributed by atoms with Crippen LogP contribution in [0.5, 0.6) is 0 Å². The minimum absolute atomic E-state index is 0.0599. The Morgan fingerprint density at radius 2 is 1.91 bits per heavy atom. The molecule has 7 nitrogen and oxygen atoms in total. The Bertz CT molecular complexity index is 847. The topological polar surface area (TPSA) is 102 Å². The molecule has 0 aliphatic heterocycles. The molecule has 7 heteroatoms. The van der Waals surface area contributed by atoms with Crippen LogP contribution in [-0.2, 0) is 12.8 Å². The first-order valence-corrected chi connectivity index (χ1v) is 6.92. The molecule has 0 radical (unpaired) electrons. The summed E-state index contributed by atoms with van der Waals surface area (Å²) in [6, 6.07) is 7.53. The highest BCUT2D eigenvalue weighted by Gasteiger charge is 2.20. The number of hydrogen-bond acceptors (Lipinski definition) is 5. The fraction of sp³-hybridized carbons (Fsp3) is 0.267. The molecule has 1 aliphatic carbocycles. The quantitative estimate of drug-likeness (QED) is 0.622. The standard InChI is InChI=1S/C15H12N4O3/c16-9-13-12-3-1-2-4-14(12)17-18(15(13)20)10-5-7-11(8-6-10)19(21)22/h5-8H,1-4H2. The minimum Gasteiger partial charge on any atom is -0.266 e. The van der Waals surface area contributed by atoms with Gasteiger partial charge in [-0.25, -0.2) is 0 Å². The van der Waals surface area contributed by atoms with E-state index >= 15 is 0 Å². The van der Waals surface area contributed by atoms with E-state index in [2.05, 4.69) is 5.10 Å². The summed E-state index contributed by atoms with van der Waals surface area (Å²) < 4.78 is 1.16. The Morgan fingerprint density at radius 1 is 1.23 bits per heavy atom. The average molecular weight is 296 g/mol. The van der Waals surface area contributed by atoms with Crippen LogP contribution in [0.4, 0.5) is 5.69 Å². The van der Waals surface area contributed by atoms with Crippen molar-refractivity contribution in [3.05, 3.63) is 61.6 Å². The largest absolute Gasteiger partial charge is 0.289 e. The van der Waals surface area contributed by atoms with Gasteiger partial charge in [-0.1, -0.05) is 0 Å². The van der Waals surface area contributed by atoms with E-state index in [9.17, 15) is 20.2 Å². The number of nitrogens with zero attached hydrogens (tertiary/aromatic N) is 4. The van der Waals surface area contributed by atoms with Crippen molar-refractivity contribution in [3.8, 4) is 11.8 Å². The summed E-state index contributed by atoms with van der Waals surface area (Å²) in [7, 11) is 0. The lowest BCUT2D eigenvalue weighted by atomic mass is 9.93. The van der Waals surface area contributed by atoms with E-state index in [4.69, 9.17) is 0 Å². The van der Waals surface area contributed by atoms with Crippen LogP contribution in [-0.4, -0.2) is 14.7 Å². The molecule has 0 N–H and O–H groups in total. The van der Waals surface area contributed by atoms with Crippen molar-refractivity contribution in [2.75, 3.05) is 0 Å². The molecule has 1 aromatic carbocycles. The number of nitriles is 1. The molecule has 22 heavy (non-hydrogen) atoms. The first kappa shape index (κ1) is 13.9. The first-order chi connectivity index (χ1) is 10.6. The van der Waals surface area contributed by atoms with Crippen molar-refractivity contribution in [2.45, 2.75) is 25.7 Å². The number of aryl methyl sites for hydroxylation is 1. The van der Waals surface area contributed by atoms with Gasteiger partial charge in [-0.3, -0.25) is 14.9 Å². The molecule has 0 saturated heterocycles. The maximum absolute atomic E-state index is 12.4. The number of non-ortho nitro benzene ring substituents is 1. The van der Waals surface area contributed by atoms with Crippen LogP contribution in [0, 0.1) is 21.4 Å². The Kier molecular flexibility index (Phi) is 3.43. The van der Waals surface area contributed by atoms with Crippen LogP contribution in [0.15, 0.2) is 29.1 Å². The highest BCUT2D eigenvalue weighted by atomic mass is 16.6. The molecule has 0 amide bonds. The van der Waals surface area contributed by atoms with E-state index in [-0.39, 0.29) is 11.3 Å². The zero-order chi connectivity index (χ0) is 15.7. The summed E-state index contributed by atoms with van der Waals surface area (Å²) in [4.78, 5) is 22.6. The number of fused-ring (bicyclic) bond motifs is 1. The van der Waals surface area contributed by atoms with E-state index in [1.807, 2.05) is 6.07 Å². The summed E-state index contributed by atoms with van der Waals surface area (Å²) in [6.07, 6.45) is 3.35. The van der Waals surface area contributed by atoms with E-state index in [1.54, 1.807) is 0 Å². The summed E-state index contributed by atoms with van der Waals surface area (Å²) in [6.45, 7) is 0. The van der Waals surface area contributed by atoms with Crippen LogP contribution in [0.25, 0.3) is 5.69 Å². The number of benzene rings is 1. The molecule has 0 spiro atoms. The lowest BCUT2D eigenvalue weighted by Gasteiger charge is -2.17. The second kappa shape index (κ2) is 5.41. The molecule has 0 unspecified atom stereocenters. The van der Waals surface area contributed by atoms with E-state index in [0.717, 1.165) is 35.2 Å². The monoisotopic (exact) mass is 296 g/mol. The molecular formula is C15H12N4O3. The zero-order valence-electron chi connectivity index (χ0n) is 11.7. The second-order valence-electron chi connectivity index (χ2n) is 5.11. The van der Waals surface area contributed by atoms with Gasteiger partial charge in [0.25, 0.3) is 11.2 Å². The van der Waals surface area contributed by atoms with Gasteiger partial charge in [0.2, 0.25) is 0 Å². The molecular weight excluding hydrogens is 284 g/mol. The fourth-order valence-electron chi connectivity index (χ4n) is 2.68. The Balaban J connectivity index is 2.17. The van der Waals surface area contributed by atoms with E-state index in [1.165, 1.54) is 24.3 Å². The maximum Gasteiger partial charge on any atom is 0.289 e. The number of rotatable bonds is 2. The van der Waals surface area contributed by atoms with E-state index in [0.29, 0.717) is 12.1 Å².